The number of fused-ring (bicyclic) bond motifs is 1. The molecule has 1 unspecified atom stereocenters. The number of amides is 2. The van der Waals surface area contributed by atoms with Gasteiger partial charge in [0.15, 0.2) is 11.9 Å². The second kappa shape index (κ2) is 5.75. The molecule has 0 spiro atoms. The highest BCUT2D eigenvalue weighted by Gasteiger charge is 2.28. The maximum Gasteiger partial charge on any atom is 0.265 e. The van der Waals surface area contributed by atoms with Crippen LogP contribution in [0.4, 0.5) is 11.5 Å². The Morgan fingerprint density at radius 1 is 1.39 bits per heavy atom. The van der Waals surface area contributed by atoms with E-state index >= 15 is 0 Å². The third-order valence-corrected chi connectivity index (χ3v) is 3.71. The number of rotatable bonds is 3. The highest BCUT2D eigenvalue weighted by atomic mass is 16.5. The zero-order valence-electron chi connectivity index (χ0n) is 13.1. The van der Waals surface area contributed by atoms with Gasteiger partial charge in [0, 0.05) is 5.56 Å². The van der Waals surface area contributed by atoms with Gasteiger partial charge in [-0.3, -0.25) is 14.7 Å². The van der Waals surface area contributed by atoms with Gasteiger partial charge in [0.05, 0.1) is 17.4 Å². The van der Waals surface area contributed by atoms with Crippen LogP contribution in [0.3, 0.4) is 0 Å². The summed E-state index contributed by atoms with van der Waals surface area (Å²) in [7, 11) is 0. The van der Waals surface area contributed by atoms with Crippen LogP contribution in [0.1, 0.15) is 42.6 Å². The first-order chi connectivity index (χ1) is 11.0. The fraction of sp³-hybridized carbons (Fsp3) is 0.312. The Hall–Kier alpha value is -2.83. The van der Waals surface area contributed by atoms with E-state index in [1.165, 1.54) is 0 Å². The Morgan fingerprint density at radius 3 is 2.91 bits per heavy atom. The highest BCUT2D eigenvalue weighted by molar-refractivity contribution is 6.09. The molecule has 1 atom stereocenters. The number of H-pyrrole nitrogens is 1. The Balaban J connectivity index is 1.90. The Morgan fingerprint density at radius 2 is 2.17 bits per heavy atom. The van der Waals surface area contributed by atoms with Crippen molar-refractivity contribution in [3.05, 3.63) is 35.5 Å². The van der Waals surface area contributed by atoms with Gasteiger partial charge in [0.25, 0.3) is 11.8 Å². The van der Waals surface area contributed by atoms with E-state index in [0.29, 0.717) is 22.8 Å². The van der Waals surface area contributed by atoms with Gasteiger partial charge >= 0.3 is 0 Å². The van der Waals surface area contributed by atoms with Crippen LogP contribution >= 0.6 is 0 Å². The average molecular weight is 314 g/mol. The lowest BCUT2D eigenvalue weighted by atomic mass is 10.1. The van der Waals surface area contributed by atoms with Crippen molar-refractivity contribution in [2.75, 3.05) is 10.6 Å². The van der Waals surface area contributed by atoms with Crippen LogP contribution < -0.4 is 15.4 Å². The Kier molecular flexibility index (Phi) is 3.77. The number of nitrogens with one attached hydrogen (secondary N) is 3. The van der Waals surface area contributed by atoms with Crippen molar-refractivity contribution < 1.29 is 14.3 Å². The van der Waals surface area contributed by atoms with Crippen LogP contribution in [0.15, 0.2) is 24.4 Å². The molecule has 3 rings (SSSR count). The summed E-state index contributed by atoms with van der Waals surface area (Å²) in [4.78, 5) is 24.3. The molecule has 7 nitrogen and oxygen atoms in total. The summed E-state index contributed by atoms with van der Waals surface area (Å²) in [6.07, 6.45) is 1.05. The number of aromatic nitrogens is 2. The molecule has 1 aliphatic heterocycles. The molecule has 3 N–H and O–H groups in total. The van der Waals surface area contributed by atoms with Gasteiger partial charge in [-0.1, -0.05) is 19.9 Å². The normalized spacial score (nSPS) is 16.5. The van der Waals surface area contributed by atoms with E-state index in [-0.39, 0.29) is 17.7 Å². The second-order valence-corrected chi connectivity index (χ2v) is 5.74. The molecule has 0 saturated heterocycles. The van der Waals surface area contributed by atoms with Crippen LogP contribution in [-0.2, 0) is 4.79 Å². The van der Waals surface area contributed by atoms with Crippen molar-refractivity contribution in [1.29, 1.82) is 0 Å². The van der Waals surface area contributed by atoms with Crippen molar-refractivity contribution in [3.8, 4) is 5.75 Å². The largest absolute Gasteiger partial charge is 0.478 e. The molecular weight excluding hydrogens is 296 g/mol. The number of nitrogens with zero attached hydrogens (tertiary/aromatic N) is 1. The van der Waals surface area contributed by atoms with Gasteiger partial charge in [-0.2, -0.15) is 5.10 Å². The minimum absolute atomic E-state index is 0.226. The maximum absolute atomic E-state index is 12.6. The maximum atomic E-state index is 12.6. The van der Waals surface area contributed by atoms with Crippen molar-refractivity contribution in [3.63, 3.8) is 0 Å². The lowest BCUT2D eigenvalue weighted by Crippen LogP contribution is -2.35. The van der Waals surface area contributed by atoms with Crippen LogP contribution in [0.5, 0.6) is 5.75 Å². The number of aromatic amines is 1. The van der Waals surface area contributed by atoms with Crippen molar-refractivity contribution in [1.82, 2.24) is 10.2 Å². The smallest absolute Gasteiger partial charge is 0.265 e. The van der Waals surface area contributed by atoms with Crippen LogP contribution in [0, 0.1) is 0 Å². The van der Waals surface area contributed by atoms with Gasteiger partial charge in [0.1, 0.15) is 5.82 Å². The molecule has 0 radical (unpaired) electrons. The second-order valence-electron chi connectivity index (χ2n) is 5.74. The monoisotopic (exact) mass is 314 g/mol. The molecule has 1 aliphatic rings. The van der Waals surface area contributed by atoms with E-state index < -0.39 is 6.10 Å². The first-order valence-corrected chi connectivity index (χ1v) is 7.42. The molecule has 23 heavy (non-hydrogen) atoms. The molecular formula is C16H18N4O3. The molecule has 0 aliphatic carbocycles. The van der Waals surface area contributed by atoms with E-state index in [4.69, 9.17) is 4.74 Å². The first-order valence-electron chi connectivity index (χ1n) is 7.42. The summed E-state index contributed by atoms with van der Waals surface area (Å²) in [5.74, 6) is 0.615. The van der Waals surface area contributed by atoms with E-state index in [0.717, 1.165) is 5.56 Å². The molecule has 7 heteroatoms. The summed E-state index contributed by atoms with van der Waals surface area (Å²) in [5, 5.41) is 12.3. The van der Waals surface area contributed by atoms with Crippen LogP contribution in [0.2, 0.25) is 0 Å². The summed E-state index contributed by atoms with van der Waals surface area (Å²) in [6.45, 7) is 5.68. The molecule has 0 bridgehead atoms. The third-order valence-electron chi connectivity index (χ3n) is 3.71. The molecule has 2 amide bonds. The molecule has 120 valence electrons. The molecule has 0 saturated carbocycles. The first kappa shape index (κ1) is 15.1. The van der Waals surface area contributed by atoms with E-state index in [1.807, 2.05) is 13.8 Å². The molecule has 1 aromatic heterocycles. The van der Waals surface area contributed by atoms with Crippen LogP contribution in [-0.4, -0.2) is 28.1 Å². The van der Waals surface area contributed by atoms with Gasteiger partial charge < -0.3 is 15.4 Å². The standard InChI is InChI=1S/C16H18N4O3/c1-8(2)11-7-17-20-14(11)19-16(22)10-5-4-6-12-13(10)23-9(3)15(21)18-12/h4-9H,1-3H3,(H,18,21)(H2,17,19,20,22). The average Bonchev–Trinajstić information content (AvgIpc) is 2.96. The van der Waals surface area contributed by atoms with Gasteiger partial charge in [0.2, 0.25) is 0 Å². The Bertz CT molecular complexity index is 766. The lowest BCUT2D eigenvalue weighted by molar-refractivity contribution is -0.122. The van der Waals surface area contributed by atoms with Gasteiger partial charge in [-0.25, -0.2) is 0 Å². The van der Waals surface area contributed by atoms with Crippen LogP contribution in [0.25, 0.3) is 0 Å². The van der Waals surface area contributed by atoms with Crippen molar-refractivity contribution in [2.45, 2.75) is 32.8 Å². The summed E-state index contributed by atoms with van der Waals surface area (Å²) >= 11 is 0. The minimum Gasteiger partial charge on any atom is -0.478 e. The molecule has 2 aromatic rings. The third kappa shape index (κ3) is 2.77. The zero-order valence-corrected chi connectivity index (χ0v) is 13.1. The lowest BCUT2D eigenvalue weighted by Gasteiger charge is -2.25. The number of para-hydroxylation sites is 1. The number of benzene rings is 1. The predicted octanol–water partition coefficient (Wildman–Crippen LogP) is 2.50. The van der Waals surface area contributed by atoms with Gasteiger partial charge in [-0.15, -0.1) is 0 Å². The molecule has 2 heterocycles. The number of carbonyl (C=O) groups is 2. The van der Waals surface area contributed by atoms with E-state index in [2.05, 4.69) is 20.8 Å². The number of hydrogen-bond acceptors (Lipinski definition) is 4. The van der Waals surface area contributed by atoms with Crippen molar-refractivity contribution >= 4 is 23.3 Å². The summed E-state index contributed by atoms with van der Waals surface area (Å²) in [6, 6.07) is 5.05. The van der Waals surface area contributed by atoms with Crippen molar-refractivity contribution in [2.24, 2.45) is 0 Å². The van der Waals surface area contributed by atoms with E-state index in [1.54, 1.807) is 31.3 Å². The fourth-order valence-electron chi connectivity index (χ4n) is 2.42. The number of hydrogen-bond donors (Lipinski definition) is 3. The van der Waals surface area contributed by atoms with E-state index in [9.17, 15) is 9.59 Å². The number of anilines is 2. The quantitative estimate of drug-likeness (QED) is 0.811. The predicted molar refractivity (Wildman–Crippen MR) is 85.8 cm³/mol. The minimum atomic E-state index is -0.644. The number of carbonyl (C=O) groups excluding carboxylic acids is 2. The Labute approximate surface area is 133 Å². The summed E-state index contributed by atoms with van der Waals surface area (Å²) < 4.78 is 5.59. The summed E-state index contributed by atoms with van der Waals surface area (Å²) in [5.41, 5.74) is 1.78. The highest BCUT2D eigenvalue weighted by Crippen LogP contribution is 2.34. The number of ether oxygens (including phenoxy) is 1. The molecule has 0 fully saturated rings. The zero-order chi connectivity index (χ0) is 16.6. The SMILES string of the molecule is CC1Oc2c(cccc2C(=O)Nc2[nH]ncc2C(C)C)NC1=O. The topological polar surface area (TPSA) is 96.1 Å². The van der Waals surface area contributed by atoms with Gasteiger partial charge in [-0.05, 0) is 25.0 Å². The molecule has 1 aromatic carbocycles. The fourth-order valence-corrected chi connectivity index (χ4v) is 2.42.